The minimum Gasteiger partial charge on any atom is -0.508 e. The number of esters is 1. The van der Waals surface area contributed by atoms with Gasteiger partial charge in [-0.25, -0.2) is 4.79 Å². The molecule has 7 nitrogen and oxygen atoms in total. The van der Waals surface area contributed by atoms with Gasteiger partial charge in [0.05, 0.1) is 18.2 Å². The lowest BCUT2D eigenvalue weighted by atomic mass is 10.0. The van der Waals surface area contributed by atoms with E-state index in [0.29, 0.717) is 21.8 Å². The second-order valence-electron chi connectivity index (χ2n) is 7.15. The topological polar surface area (TPSA) is 108 Å². The van der Waals surface area contributed by atoms with Gasteiger partial charge in [-0.05, 0) is 42.0 Å². The molecule has 0 aliphatic carbocycles. The number of phenols is 1. The number of aromatic hydroxyl groups is 1. The van der Waals surface area contributed by atoms with Crippen LogP contribution in [-0.4, -0.2) is 35.1 Å². The molecule has 0 fully saturated rings. The number of H-pyrrole nitrogens is 1. The maximum absolute atomic E-state index is 13.1. The molecule has 0 spiro atoms. The highest BCUT2D eigenvalue weighted by Gasteiger charge is 2.24. The summed E-state index contributed by atoms with van der Waals surface area (Å²) >= 11 is 0. The van der Waals surface area contributed by atoms with Crippen LogP contribution < -0.4 is 10.7 Å². The summed E-state index contributed by atoms with van der Waals surface area (Å²) in [7, 11) is 1.25. The third-order valence-corrected chi connectivity index (χ3v) is 5.15. The van der Waals surface area contributed by atoms with E-state index in [1.165, 1.54) is 19.2 Å². The number of pyridine rings is 1. The van der Waals surface area contributed by atoms with Gasteiger partial charge in [-0.1, -0.05) is 30.3 Å². The first-order valence-corrected chi connectivity index (χ1v) is 9.68. The summed E-state index contributed by atoms with van der Waals surface area (Å²) < 4.78 is 4.85. The predicted molar refractivity (Wildman–Crippen MR) is 117 cm³/mol. The van der Waals surface area contributed by atoms with E-state index in [1.54, 1.807) is 54.6 Å². The minimum atomic E-state index is -0.940. The Kier molecular flexibility index (Phi) is 5.41. The number of carbonyl (C=O) groups excluding carboxylic acids is 2. The number of benzene rings is 3. The van der Waals surface area contributed by atoms with Crippen molar-refractivity contribution in [2.75, 3.05) is 7.11 Å². The van der Waals surface area contributed by atoms with E-state index in [9.17, 15) is 19.5 Å². The van der Waals surface area contributed by atoms with Crippen LogP contribution in [0.1, 0.15) is 15.9 Å². The highest BCUT2D eigenvalue weighted by Crippen LogP contribution is 2.19. The normalized spacial score (nSPS) is 11.9. The molecule has 7 heteroatoms. The van der Waals surface area contributed by atoms with Crippen molar-refractivity contribution in [3.8, 4) is 5.75 Å². The largest absolute Gasteiger partial charge is 0.508 e. The smallest absolute Gasteiger partial charge is 0.328 e. The van der Waals surface area contributed by atoms with Crippen molar-refractivity contribution in [2.24, 2.45) is 0 Å². The number of carbonyl (C=O) groups is 2. The first kappa shape index (κ1) is 20.2. The van der Waals surface area contributed by atoms with Crippen LogP contribution in [-0.2, 0) is 16.0 Å². The van der Waals surface area contributed by atoms with E-state index in [2.05, 4.69) is 10.3 Å². The lowest BCUT2D eigenvalue weighted by Gasteiger charge is -2.17. The van der Waals surface area contributed by atoms with Crippen molar-refractivity contribution >= 4 is 33.7 Å². The number of phenolic OH excluding ortho intramolecular Hbond substituents is 1. The van der Waals surface area contributed by atoms with Crippen LogP contribution in [0, 0.1) is 0 Å². The van der Waals surface area contributed by atoms with Crippen LogP contribution in [0.3, 0.4) is 0 Å². The lowest BCUT2D eigenvalue weighted by molar-refractivity contribution is -0.142. The molecule has 0 radical (unpaired) electrons. The van der Waals surface area contributed by atoms with Crippen LogP contribution in [0.2, 0.25) is 0 Å². The van der Waals surface area contributed by atoms with Crippen molar-refractivity contribution in [1.82, 2.24) is 10.3 Å². The van der Waals surface area contributed by atoms with Crippen molar-refractivity contribution in [3.05, 3.63) is 88.1 Å². The lowest BCUT2D eigenvalue weighted by Crippen LogP contribution is -2.43. The molecular weight excluding hydrogens is 396 g/mol. The molecule has 4 rings (SSSR count). The van der Waals surface area contributed by atoms with Gasteiger partial charge in [-0.15, -0.1) is 0 Å². The molecule has 1 heterocycles. The molecule has 3 N–H and O–H groups in total. The molecule has 1 atom stereocenters. The summed E-state index contributed by atoms with van der Waals surface area (Å²) in [6, 6.07) is 17.4. The Morgan fingerprint density at radius 1 is 1.00 bits per heavy atom. The average Bonchev–Trinajstić information content (AvgIpc) is 2.79. The molecular formula is C24H20N2O5. The molecule has 0 aliphatic heterocycles. The highest BCUT2D eigenvalue weighted by atomic mass is 16.5. The van der Waals surface area contributed by atoms with Gasteiger partial charge in [0.25, 0.3) is 5.91 Å². The number of aromatic amines is 1. The van der Waals surface area contributed by atoms with Gasteiger partial charge in [0.1, 0.15) is 11.8 Å². The first-order valence-electron chi connectivity index (χ1n) is 9.68. The van der Waals surface area contributed by atoms with Crippen molar-refractivity contribution in [2.45, 2.75) is 12.5 Å². The molecule has 0 saturated heterocycles. The van der Waals surface area contributed by atoms with E-state index < -0.39 is 17.9 Å². The quantitative estimate of drug-likeness (QED) is 0.342. The monoisotopic (exact) mass is 416 g/mol. The zero-order valence-corrected chi connectivity index (χ0v) is 16.7. The fourth-order valence-corrected chi connectivity index (χ4v) is 3.57. The van der Waals surface area contributed by atoms with E-state index in [4.69, 9.17) is 4.74 Å². The number of fused-ring (bicyclic) bond motifs is 2. The molecule has 0 bridgehead atoms. The van der Waals surface area contributed by atoms with Crippen LogP contribution in [0.15, 0.2) is 71.5 Å². The number of aromatic nitrogens is 1. The zero-order valence-electron chi connectivity index (χ0n) is 16.7. The number of para-hydroxylation sites is 2. The maximum atomic E-state index is 13.1. The van der Waals surface area contributed by atoms with Gasteiger partial charge in [0.2, 0.25) is 0 Å². The van der Waals surface area contributed by atoms with Gasteiger partial charge in [0.15, 0.2) is 5.43 Å². The van der Waals surface area contributed by atoms with Gasteiger partial charge >= 0.3 is 5.97 Å². The van der Waals surface area contributed by atoms with Crippen LogP contribution in [0.5, 0.6) is 5.75 Å². The maximum Gasteiger partial charge on any atom is 0.328 e. The number of nitrogens with one attached hydrogen (secondary N) is 2. The van der Waals surface area contributed by atoms with E-state index in [0.717, 1.165) is 5.56 Å². The van der Waals surface area contributed by atoms with Crippen LogP contribution in [0.4, 0.5) is 0 Å². The summed E-state index contributed by atoms with van der Waals surface area (Å²) in [5.41, 5.74) is 1.84. The average molecular weight is 416 g/mol. The molecule has 3 aromatic carbocycles. The Balaban J connectivity index is 1.71. The first-order chi connectivity index (χ1) is 15.0. The SMILES string of the molecule is COC(=O)[C@H](Cc1ccc(O)cc1)NC(=O)c1cccc2c(=O)c3ccccc3[nH]c12. The summed E-state index contributed by atoms with van der Waals surface area (Å²) in [6.07, 6.45) is 0.183. The van der Waals surface area contributed by atoms with E-state index in [-0.39, 0.29) is 23.2 Å². The number of ether oxygens (including phenoxy) is 1. The summed E-state index contributed by atoms with van der Waals surface area (Å²) in [5, 5.41) is 13.1. The van der Waals surface area contributed by atoms with Crippen LogP contribution >= 0.6 is 0 Å². The molecule has 4 aromatic rings. The molecule has 31 heavy (non-hydrogen) atoms. The Labute approximate surface area is 177 Å². The van der Waals surface area contributed by atoms with Gasteiger partial charge in [-0.3, -0.25) is 9.59 Å². The second-order valence-corrected chi connectivity index (χ2v) is 7.15. The highest BCUT2D eigenvalue weighted by molar-refractivity contribution is 6.08. The summed E-state index contributed by atoms with van der Waals surface area (Å²) in [6.45, 7) is 0. The van der Waals surface area contributed by atoms with Crippen molar-refractivity contribution in [1.29, 1.82) is 0 Å². The summed E-state index contributed by atoms with van der Waals surface area (Å²) in [4.78, 5) is 41.4. The minimum absolute atomic E-state index is 0.106. The third kappa shape index (κ3) is 3.98. The number of hydrogen-bond acceptors (Lipinski definition) is 5. The Hall–Kier alpha value is -4.13. The van der Waals surface area contributed by atoms with E-state index in [1.807, 2.05) is 0 Å². The van der Waals surface area contributed by atoms with Gasteiger partial charge in [0, 0.05) is 22.7 Å². The molecule has 1 amide bonds. The molecule has 0 unspecified atom stereocenters. The zero-order chi connectivity index (χ0) is 22.0. The number of hydrogen-bond donors (Lipinski definition) is 3. The van der Waals surface area contributed by atoms with Crippen LogP contribution in [0.25, 0.3) is 21.8 Å². The number of methoxy groups -OCH3 is 1. The Morgan fingerprint density at radius 3 is 2.45 bits per heavy atom. The fourth-order valence-electron chi connectivity index (χ4n) is 3.57. The van der Waals surface area contributed by atoms with Gasteiger partial charge in [-0.2, -0.15) is 0 Å². The Bertz CT molecular complexity index is 1340. The van der Waals surface area contributed by atoms with Crippen molar-refractivity contribution < 1.29 is 19.4 Å². The molecule has 156 valence electrons. The summed E-state index contributed by atoms with van der Waals surface area (Å²) in [5.74, 6) is -0.999. The van der Waals surface area contributed by atoms with Crippen molar-refractivity contribution in [3.63, 3.8) is 0 Å². The molecule has 1 aromatic heterocycles. The molecule has 0 saturated carbocycles. The standard InChI is InChI=1S/C24H20N2O5/c1-31-24(30)20(13-14-9-11-15(27)12-10-14)26-23(29)18-7-4-6-17-21(18)25-19-8-3-2-5-16(19)22(17)28/h2-12,20,27H,13H2,1H3,(H,25,28)(H,26,29)/t20-/m0/s1. The predicted octanol–water partition coefficient (Wildman–Crippen LogP) is 2.90. The second kappa shape index (κ2) is 8.31. The number of amides is 1. The molecule has 0 aliphatic rings. The fraction of sp³-hybridized carbons (Fsp3) is 0.125. The number of rotatable bonds is 5. The third-order valence-electron chi connectivity index (χ3n) is 5.15. The Morgan fingerprint density at radius 2 is 1.71 bits per heavy atom. The van der Waals surface area contributed by atoms with E-state index >= 15 is 0 Å². The van der Waals surface area contributed by atoms with Gasteiger partial charge < -0.3 is 20.1 Å².